The van der Waals surface area contributed by atoms with Gasteiger partial charge in [0.15, 0.2) is 12.1 Å². The molecule has 1 aromatic heterocycles. The van der Waals surface area contributed by atoms with Crippen LogP contribution in [-0.4, -0.2) is 16.9 Å². The number of nitrogens with zero attached hydrogens (tertiary/aromatic N) is 1. The molecular formula is C10H14N2O2. The van der Waals surface area contributed by atoms with Crippen molar-refractivity contribution in [3.63, 3.8) is 0 Å². The number of nitrogens with one attached hydrogen (secondary N) is 1. The van der Waals surface area contributed by atoms with Crippen LogP contribution in [0.5, 0.6) is 0 Å². The number of carbonyl (C=O) groups excluding carboxylic acids is 1. The van der Waals surface area contributed by atoms with E-state index in [0.717, 1.165) is 12.8 Å². The first-order chi connectivity index (χ1) is 6.86. The summed E-state index contributed by atoms with van der Waals surface area (Å²) in [5.41, 5.74) is 0.371. The topological polar surface area (TPSA) is 55.1 Å². The van der Waals surface area contributed by atoms with Gasteiger partial charge in [0.1, 0.15) is 6.26 Å². The molecule has 1 aromatic rings. The Labute approximate surface area is 82.7 Å². The van der Waals surface area contributed by atoms with Crippen molar-refractivity contribution in [2.24, 2.45) is 0 Å². The SMILES string of the molecule is O=C(NC1CCCCC1)c1cocn1. The molecule has 76 valence electrons. The fraction of sp³-hybridized carbons (Fsp3) is 0.600. The highest BCUT2D eigenvalue weighted by Crippen LogP contribution is 2.17. The minimum Gasteiger partial charge on any atom is -0.451 e. The molecule has 0 spiro atoms. The van der Waals surface area contributed by atoms with Crippen molar-refractivity contribution in [3.05, 3.63) is 18.4 Å². The van der Waals surface area contributed by atoms with E-state index in [4.69, 9.17) is 4.42 Å². The number of carbonyl (C=O) groups is 1. The largest absolute Gasteiger partial charge is 0.451 e. The average Bonchev–Trinajstić information content (AvgIpc) is 2.72. The van der Waals surface area contributed by atoms with E-state index >= 15 is 0 Å². The first kappa shape index (κ1) is 9.24. The third-order valence-corrected chi connectivity index (χ3v) is 2.61. The minimum atomic E-state index is -0.120. The van der Waals surface area contributed by atoms with Crippen LogP contribution < -0.4 is 5.32 Å². The fourth-order valence-electron chi connectivity index (χ4n) is 1.83. The molecule has 0 unspecified atom stereocenters. The number of aromatic nitrogens is 1. The summed E-state index contributed by atoms with van der Waals surface area (Å²) in [7, 11) is 0. The van der Waals surface area contributed by atoms with Crippen molar-refractivity contribution < 1.29 is 9.21 Å². The maximum Gasteiger partial charge on any atom is 0.273 e. The summed E-state index contributed by atoms with van der Waals surface area (Å²) in [5, 5.41) is 2.96. The Kier molecular flexibility index (Phi) is 2.81. The van der Waals surface area contributed by atoms with Crippen molar-refractivity contribution in [1.82, 2.24) is 10.3 Å². The molecule has 0 aromatic carbocycles. The van der Waals surface area contributed by atoms with Crippen molar-refractivity contribution >= 4 is 5.91 Å². The zero-order valence-electron chi connectivity index (χ0n) is 8.03. The van der Waals surface area contributed by atoms with Gasteiger partial charge in [-0.25, -0.2) is 4.98 Å². The standard InChI is InChI=1S/C10H14N2O2/c13-10(9-6-14-7-11-9)12-8-4-2-1-3-5-8/h6-8H,1-5H2,(H,12,13). The van der Waals surface area contributed by atoms with Crippen LogP contribution >= 0.6 is 0 Å². The number of rotatable bonds is 2. The van der Waals surface area contributed by atoms with Gasteiger partial charge in [-0.15, -0.1) is 0 Å². The van der Waals surface area contributed by atoms with Gasteiger partial charge in [-0.05, 0) is 12.8 Å². The number of hydrogen-bond acceptors (Lipinski definition) is 3. The Morgan fingerprint density at radius 1 is 1.43 bits per heavy atom. The lowest BCUT2D eigenvalue weighted by Crippen LogP contribution is -2.36. The van der Waals surface area contributed by atoms with Crippen molar-refractivity contribution in [2.75, 3.05) is 0 Å². The van der Waals surface area contributed by atoms with Crippen LogP contribution in [0, 0.1) is 0 Å². The molecule has 1 saturated carbocycles. The van der Waals surface area contributed by atoms with Crippen LogP contribution in [0.2, 0.25) is 0 Å². The first-order valence-electron chi connectivity index (χ1n) is 5.05. The Bertz CT molecular complexity index is 289. The van der Waals surface area contributed by atoms with E-state index in [9.17, 15) is 4.79 Å². The molecule has 1 aliphatic carbocycles. The summed E-state index contributed by atoms with van der Waals surface area (Å²) in [4.78, 5) is 15.3. The van der Waals surface area contributed by atoms with E-state index in [0.29, 0.717) is 11.7 Å². The number of amides is 1. The van der Waals surface area contributed by atoms with Gasteiger partial charge < -0.3 is 9.73 Å². The van der Waals surface area contributed by atoms with Gasteiger partial charge in [-0.2, -0.15) is 0 Å². The second-order valence-corrected chi connectivity index (χ2v) is 3.68. The van der Waals surface area contributed by atoms with E-state index in [-0.39, 0.29) is 5.91 Å². The molecular weight excluding hydrogens is 180 g/mol. The van der Waals surface area contributed by atoms with E-state index in [1.54, 1.807) is 0 Å². The quantitative estimate of drug-likeness (QED) is 0.780. The van der Waals surface area contributed by atoms with E-state index in [2.05, 4.69) is 10.3 Å². The van der Waals surface area contributed by atoms with Gasteiger partial charge in [0.05, 0.1) is 0 Å². The summed E-state index contributed by atoms with van der Waals surface area (Å²) in [6.45, 7) is 0. The molecule has 4 nitrogen and oxygen atoms in total. The van der Waals surface area contributed by atoms with Gasteiger partial charge in [-0.3, -0.25) is 4.79 Å². The van der Waals surface area contributed by atoms with Crippen molar-refractivity contribution in [3.8, 4) is 0 Å². The maximum absolute atomic E-state index is 11.5. The molecule has 0 radical (unpaired) electrons. The lowest BCUT2D eigenvalue weighted by atomic mass is 9.95. The van der Waals surface area contributed by atoms with Crippen LogP contribution in [0.4, 0.5) is 0 Å². The minimum absolute atomic E-state index is 0.120. The predicted molar refractivity (Wildman–Crippen MR) is 50.8 cm³/mol. The monoisotopic (exact) mass is 194 g/mol. The Balaban J connectivity index is 1.87. The molecule has 1 fully saturated rings. The summed E-state index contributed by atoms with van der Waals surface area (Å²) in [5.74, 6) is -0.120. The average molecular weight is 194 g/mol. The lowest BCUT2D eigenvalue weighted by molar-refractivity contribution is 0.0922. The third-order valence-electron chi connectivity index (χ3n) is 2.61. The third kappa shape index (κ3) is 2.13. The van der Waals surface area contributed by atoms with E-state index in [1.807, 2.05) is 0 Å². The summed E-state index contributed by atoms with van der Waals surface area (Å²) < 4.78 is 4.75. The van der Waals surface area contributed by atoms with Crippen LogP contribution in [0.25, 0.3) is 0 Å². The second kappa shape index (κ2) is 4.26. The lowest BCUT2D eigenvalue weighted by Gasteiger charge is -2.22. The van der Waals surface area contributed by atoms with Crippen LogP contribution in [0.1, 0.15) is 42.6 Å². The number of oxazole rings is 1. The van der Waals surface area contributed by atoms with E-state index < -0.39 is 0 Å². The van der Waals surface area contributed by atoms with Crippen LogP contribution in [0.15, 0.2) is 17.1 Å². The molecule has 14 heavy (non-hydrogen) atoms. The zero-order chi connectivity index (χ0) is 9.80. The highest BCUT2D eigenvalue weighted by molar-refractivity contribution is 5.91. The summed E-state index contributed by atoms with van der Waals surface area (Å²) in [6.07, 6.45) is 8.53. The smallest absolute Gasteiger partial charge is 0.273 e. The second-order valence-electron chi connectivity index (χ2n) is 3.68. The molecule has 1 amide bonds. The Morgan fingerprint density at radius 2 is 2.21 bits per heavy atom. The van der Waals surface area contributed by atoms with Gasteiger partial charge in [-0.1, -0.05) is 19.3 Å². The Morgan fingerprint density at radius 3 is 2.86 bits per heavy atom. The van der Waals surface area contributed by atoms with E-state index in [1.165, 1.54) is 31.9 Å². The van der Waals surface area contributed by atoms with Crippen LogP contribution in [-0.2, 0) is 0 Å². The Hall–Kier alpha value is -1.32. The maximum atomic E-state index is 11.5. The van der Waals surface area contributed by atoms with Gasteiger partial charge >= 0.3 is 0 Å². The molecule has 0 aliphatic heterocycles. The molecule has 1 aliphatic rings. The van der Waals surface area contributed by atoms with Gasteiger partial charge in [0, 0.05) is 6.04 Å². The molecule has 4 heteroatoms. The molecule has 1 heterocycles. The van der Waals surface area contributed by atoms with Gasteiger partial charge in [0.25, 0.3) is 5.91 Å². The van der Waals surface area contributed by atoms with Gasteiger partial charge in [0.2, 0.25) is 0 Å². The van der Waals surface area contributed by atoms with Crippen molar-refractivity contribution in [2.45, 2.75) is 38.1 Å². The molecule has 1 N–H and O–H groups in total. The normalized spacial score (nSPS) is 18.0. The highest BCUT2D eigenvalue weighted by Gasteiger charge is 2.17. The molecule has 0 saturated heterocycles. The zero-order valence-corrected chi connectivity index (χ0v) is 8.03. The highest BCUT2D eigenvalue weighted by atomic mass is 16.3. The first-order valence-corrected chi connectivity index (χ1v) is 5.05. The predicted octanol–water partition coefficient (Wildman–Crippen LogP) is 1.74. The van der Waals surface area contributed by atoms with Crippen LogP contribution in [0.3, 0.4) is 0 Å². The van der Waals surface area contributed by atoms with Crippen molar-refractivity contribution in [1.29, 1.82) is 0 Å². The fourth-order valence-corrected chi connectivity index (χ4v) is 1.83. The molecule has 0 atom stereocenters. The molecule has 2 rings (SSSR count). The summed E-state index contributed by atoms with van der Waals surface area (Å²) in [6, 6.07) is 0.327. The number of hydrogen-bond donors (Lipinski definition) is 1. The summed E-state index contributed by atoms with van der Waals surface area (Å²) >= 11 is 0. The molecule has 0 bridgehead atoms.